The minimum absolute atomic E-state index is 0.0443. The van der Waals surface area contributed by atoms with E-state index < -0.39 is 40.6 Å². The molecule has 1 aliphatic heterocycles. The van der Waals surface area contributed by atoms with Crippen LogP contribution in [0.3, 0.4) is 0 Å². The summed E-state index contributed by atoms with van der Waals surface area (Å²) in [6, 6.07) is 4.68. The van der Waals surface area contributed by atoms with E-state index in [9.17, 15) is 22.8 Å². The van der Waals surface area contributed by atoms with Crippen LogP contribution in [0.5, 0.6) is 11.5 Å². The van der Waals surface area contributed by atoms with E-state index in [-0.39, 0.29) is 33.7 Å². The second-order valence-corrected chi connectivity index (χ2v) is 10.00. The fraction of sp³-hybridized carbons (Fsp3) is 0.400. The summed E-state index contributed by atoms with van der Waals surface area (Å²) in [5, 5.41) is 2.54. The number of amides is 2. The molecule has 2 heterocycles. The molecular formula is C20H23N3O9S2. The van der Waals surface area contributed by atoms with Crippen LogP contribution in [-0.4, -0.2) is 76.1 Å². The third kappa shape index (κ3) is 5.81. The highest BCUT2D eigenvalue weighted by Crippen LogP contribution is 2.29. The second-order valence-electron chi connectivity index (χ2n) is 7.19. The van der Waals surface area contributed by atoms with Gasteiger partial charge in [-0.2, -0.15) is 8.42 Å². The second kappa shape index (κ2) is 10.4. The maximum atomic E-state index is 12.7. The molecule has 1 atom stereocenters. The van der Waals surface area contributed by atoms with Gasteiger partial charge in [0.2, 0.25) is 5.91 Å². The number of aryl methyl sites for hydroxylation is 1. The van der Waals surface area contributed by atoms with Gasteiger partial charge in [-0.3, -0.25) is 18.7 Å². The minimum Gasteiger partial charge on any atom is -0.497 e. The van der Waals surface area contributed by atoms with Crippen molar-refractivity contribution in [1.29, 1.82) is 0 Å². The highest BCUT2D eigenvalue weighted by molar-refractivity contribution is 7.89. The number of methoxy groups -OCH3 is 2. The summed E-state index contributed by atoms with van der Waals surface area (Å²) in [6.07, 6.45) is -1.68. The molecule has 34 heavy (non-hydrogen) atoms. The van der Waals surface area contributed by atoms with Crippen molar-refractivity contribution in [3.8, 4) is 11.5 Å². The number of nitrogens with one attached hydrogen (secondary N) is 1. The fourth-order valence-electron chi connectivity index (χ4n) is 3.12. The van der Waals surface area contributed by atoms with E-state index in [4.69, 9.17) is 18.4 Å². The molecule has 1 aromatic heterocycles. The van der Waals surface area contributed by atoms with E-state index in [1.807, 2.05) is 0 Å². The van der Waals surface area contributed by atoms with Crippen molar-refractivity contribution in [3.63, 3.8) is 0 Å². The van der Waals surface area contributed by atoms with Crippen molar-refractivity contribution >= 4 is 44.4 Å². The third-order valence-corrected chi connectivity index (χ3v) is 7.59. The van der Waals surface area contributed by atoms with Gasteiger partial charge in [0, 0.05) is 13.0 Å². The molecule has 1 N–H and O–H groups in total. The summed E-state index contributed by atoms with van der Waals surface area (Å²) in [6.45, 7) is 1.96. The number of aromatic nitrogens is 1. The highest BCUT2D eigenvalue weighted by atomic mass is 32.3. The number of cyclic esters (lactones) is 1. The Morgan fingerprint density at radius 2 is 2.03 bits per heavy atom. The summed E-state index contributed by atoms with van der Waals surface area (Å²) >= 11 is 0.751. The molecule has 2 amide bonds. The Bertz CT molecular complexity index is 1210. The Kier molecular flexibility index (Phi) is 7.74. The largest absolute Gasteiger partial charge is 0.497 e. The van der Waals surface area contributed by atoms with Crippen LogP contribution in [-0.2, 0) is 23.8 Å². The van der Waals surface area contributed by atoms with E-state index in [0.29, 0.717) is 11.5 Å². The molecule has 1 unspecified atom stereocenters. The lowest BCUT2D eigenvalue weighted by atomic mass is 10.1. The number of thiazole rings is 1. The van der Waals surface area contributed by atoms with Crippen molar-refractivity contribution in [1.82, 2.24) is 9.88 Å². The summed E-state index contributed by atoms with van der Waals surface area (Å²) in [5.74, 6) is 0.0176. The molecule has 0 saturated carbocycles. The number of ketones is 1. The number of carbonyl (C=O) groups is 3. The maximum Gasteiger partial charge on any atom is 0.410 e. The lowest BCUT2D eigenvalue weighted by Gasteiger charge is -2.14. The molecule has 2 aromatic rings. The Morgan fingerprint density at radius 3 is 2.68 bits per heavy atom. The monoisotopic (exact) mass is 513 g/mol. The van der Waals surface area contributed by atoms with Crippen molar-refractivity contribution in [3.05, 3.63) is 29.5 Å². The number of Topliss-reactive ketones (excluding diaryl/α,β-unsaturated/α-hetero) is 1. The smallest absolute Gasteiger partial charge is 0.410 e. The number of ether oxygens (including phenoxy) is 3. The van der Waals surface area contributed by atoms with Gasteiger partial charge in [0.15, 0.2) is 15.1 Å². The predicted molar refractivity (Wildman–Crippen MR) is 120 cm³/mol. The van der Waals surface area contributed by atoms with Crippen molar-refractivity contribution in [2.45, 2.75) is 24.2 Å². The van der Waals surface area contributed by atoms with Crippen LogP contribution in [0, 0.1) is 6.92 Å². The number of hydrogen-bond donors (Lipinski definition) is 1. The first kappa shape index (κ1) is 25.4. The molecule has 0 bridgehead atoms. The Hall–Kier alpha value is -3.23. The van der Waals surface area contributed by atoms with Crippen molar-refractivity contribution in [2.75, 3.05) is 39.2 Å². The molecule has 3 rings (SSSR count). The molecule has 0 aliphatic carbocycles. The number of rotatable bonds is 10. The minimum atomic E-state index is -4.21. The van der Waals surface area contributed by atoms with Gasteiger partial charge in [-0.15, -0.1) is 0 Å². The number of benzene rings is 1. The first-order valence-corrected chi connectivity index (χ1v) is 12.1. The van der Waals surface area contributed by atoms with Crippen LogP contribution >= 0.6 is 11.3 Å². The van der Waals surface area contributed by atoms with Crippen LogP contribution in [0.1, 0.15) is 23.0 Å². The van der Waals surface area contributed by atoms with Gasteiger partial charge < -0.3 is 19.5 Å². The number of carbonyl (C=O) groups excluding carboxylic acids is 3. The van der Waals surface area contributed by atoms with Crippen LogP contribution < -0.4 is 14.8 Å². The van der Waals surface area contributed by atoms with Crippen LogP contribution in [0.25, 0.3) is 0 Å². The van der Waals surface area contributed by atoms with Gasteiger partial charge in [-0.25, -0.2) is 9.78 Å². The lowest BCUT2D eigenvalue weighted by Crippen LogP contribution is -2.32. The van der Waals surface area contributed by atoms with E-state index >= 15 is 0 Å². The number of nitrogens with zero attached hydrogens (tertiary/aromatic N) is 2. The van der Waals surface area contributed by atoms with Crippen LogP contribution in [0.2, 0.25) is 0 Å². The van der Waals surface area contributed by atoms with Gasteiger partial charge >= 0.3 is 16.2 Å². The average molecular weight is 514 g/mol. The zero-order valence-corrected chi connectivity index (χ0v) is 20.4. The van der Waals surface area contributed by atoms with E-state index in [2.05, 4.69) is 10.3 Å². The molecule has 184 valence electrons. The SMILES string of the molecule is COc1ccc(C(=O)CN2CC(COS(=O)(=O)c3sc(NC(C)=O)nc3C)OC2=O)c(OC)c1. The Labute approximate surface area is 199 Å². The molecule has 1 aromatic carbocycles. The molecule has 1 saturated heterocycles. The zero-order chi connectivity index (χ0) is 25.0. The van der Waals surface area contributed by atoms with Gasteiger partial charge in [0.25, 0.3) is 0 Å². The standard InChI is InChI=1S/C20H23N3O9S2/c1-11-18(33-19(21-11)22-12(2)24)34(27,28)31-10-14-8-23(20(26)32-14)9-16(25)15-6-5-13(29-3)7-17(15)30-4/h5-7,14H,8-10H2,1-4H3,(H,21,22,24). The predicted octanol–water partition coefficient (Wildman–Crippen LogP) is 1.84. The summed E-state index contributed by atoms with van der Waals surface area (Å²) in [4.78, 5) is 41.2. The molecule has 14 heteroatoms. The normalized spacial score (nSPS) is 15.7. The first-order valence-electron chi connectivity index (χ1n) is 9.89. The molecule has 0 spiro atoms. The average Bonchev–Trinajstić information content (AvgIpc) is 3.33. The topological polar surface area (TPSA) is 150 Å². The van der Waals surface area contributed by atoms with Gasteiger partial charge in [0.1, 0.15) is 24.2 Å². The number of hydrogen-bond acceptors (Lipinski definition) is 11. The first-order chi connectivity index (χ1) is 16.0. The molecule has 12 nitrogen and oxygen atoms in total. The van der Waals surface area contributed by atoms with Crippen molar-refractivity contribution < 1.29 is 41.2 Å². The van der Waals surface area contributed by atoms with E-state index in [1.165, 1.54) is 34.1 Å². The number of anilines is 1. The molecule has 0 radical (unpaired) electrons. The maximum absolute atomic E-state index is 12.7. The van der Waals surface area contributed by atoms with E-state index in [1.54, 1.807) is 12.1 Å². The van der Waals surface area contributed by atoms with Crippen molar-refractivity contribution in [2.24, 2.45) is 0 Å². The fourth-order valence-corrected chi connectivity index (χ4v) is 5.50. The van der Waals surface area contributed by atoms with E-state index in [0.717, 1.165) is 16.2 Å². The summed E-state index contributed by atoms with van der Waals surface area (Å²) < 4.78 is 45.5. The highest BCUT2D eigenvalue weighted by Gasteiger charge is 2.35. The summed E-state index contributed by atoms with van der Waals surface area (Å²) in [5.41, 5.74) is 0.423. The van der Waals surface area contributed by atoms with Crippen LogP contribution in [0.15, 0.2) is 22.4 Å². The van der Waals surface area contributed by atoms with Gasteiger partial charge in [0.05, 0.1) is 38.6 Å². The summed E-state index contributed by atoms with van der Waals surface area (Å²) in [7, 11) is -1.32. The molecular weight excluding hydrogens is 490 g/mol. The lowest BCUT2D eigenvalue weighted by molar-refractivity contribution is -0.114. The van der Waals surface area contributed by atoms with Gasteiger partial charge in [-0.1, -0.05) is 11.3 Å². The Balaban J connectivity index is 1.61. The quantitative estimate of drug-likeness (QED) is 0.368. The molecule has 1 aliphatic rings. The molecule has 1 fully saturated rings. The van der Waals surface area contributed by atoms with Gasteiger partial charge in [-0.05, 0) is 19.1 Å². The third-order valence-electron chi connectivity index (χ3n) is 4.67. The van der Waals surface area contributed by atoms with Crippen LogP contribution in [0.4, 0.5) is 9.93 Å². The zero-order valence-electron chi connectivity index (χ0n) is 18.8. The Morgan fingerprint density at radius 1 is 1.29 bits per heavy atom.